The summed E-state index contributed by atoms with van der Waals surface area (Å²) >= 11 is 0. The van der Waals surface area contributed by atoms with Crippen LogP contribution in [0.15, 0.2) is 12.4 Å². The van der Waals surface area contributed by atoms with Gasteiger partial charge in [-0.25, -0.2) is 4.98 Å². The van der Waals surface area contributed by atoms with Crippen LogP contribution in [-0.2, 0) is 25.5 Å². The molecule has 0 amide bonds. The van der Waals surface area contributed by atoms with Crippen LogP contribution in [0.25, 0.3) is 0 Å². The molecule has 2 aliphatic heterocycles. The summed E-state index contributed by atoms with van der Waals surface area (Å²) < 4.78 is 39.6. The molecule has 0 aliphatic carbocycles. The summed E-state index contributed by atoms with van der Waals surface area (Å²) in [5, 5.41) is 0. The molecule has 0 bridgehead atoms. The van der Waals surface area contributed by atoms with E-state index in [4.69, 9.17) is 21.7 Å². The Hall–Kier alpha value is -0.950. The third-order valence-electron chi connectivity index (χ3n) is 4.17. The minimum Gasteiger partial charge on any atom is -0.382 e. The van der Waals surface area contributed by atoms with E-state index >= 15 is 0 Å². The highest BCUT2D eigenvalue weighted by Crippen LogP contribution is 2.31. The monoisotopic (exact) mass is 300 g/mol. The van der Waals surface area contributed by atoms with E-state index in [1.165, 1.54) is 0 Å². The number of imidazole rings is 1. The van der Waals surface area contributed by atoms with Crippen molar-refractivity contribution in [1.29, 1.82) is 0 Å². The zero-order chi connectivity index (χ0) is 16.4. The number of hydrogen-bond acceptors (Lipinski definition) is 5. The number of ether oxygens (including phenoxy) is 4. The first-order valence-corrected chi connectivity index (χ1v) is 7.30. The van der Waals surface area contributed by atoms with E-state index in [0.717, 1.165) is 5.82 Å². The van der Waals surface area contributed by atoms with Gasteiger partial charge in [-0.1, -0.05) is 0 Å². The molecule has 6 atom stereocenters. The summed E-state index contributed by atoms with van der Waals surface area (Å²) in [6.07, 6.45) is 4.45. The SMILES string of the molecule is [3H][C@H]1C[C@H](OC)[C@@H](Cn2ccnc2[C@H]2C[C@H]([3H])O[C@@H]2COC)O1. The van der Waals surface area contributed by atoms with E-state index in [9.17, 15) is 0 Å². The molecule has 0 saturated carbocycles. The lowest BCUT2D eigenvalue weighted by molar-refractivity contribution is 0.00531. The molecule has 118 valence electrons. The predicted molar refractivity (Wildman–Crippen MR) is 76.4 cm³/mol. The first kappa shape index (κ1) is 12.6. The van der Waals surface area contributed by atoms with Crippen LogP contribution in [0.1, 0.15) is 27.3 Å². The van der Waals surface area contributed by atoms with E-state index in [-0.39, 0.29) is 24.2 Å². The average molecular weight is 300 g/mol. The van der Waals surface area contributed by atoms with Crippen LogP contribution in [0.4, 0.5) is 0 Å². The lowest BCUT2D eigenvalue weighted by Gasteiger charge is -2.22. The Labute approximate surface area is 128 Å². The van der Waals surface area contributed by atoms with Gasteiger partial charge in [-0.3, -0.25) is 0 Å². The molecule has 6 nitrogen and oxygen atoms in total. The average Bonchev–Trinajstić information content (AvgIpc) is 3.19. The van der Waals surface area contributed by atoms with Crippen molar-refractivity contribution in [2.75, 3.05) is 34.0 Å². The molecule has 0 radical (unpaired) electrons. The lowest BCUT2D eigenvalue weighted by atomic mass is 10.0. The van der Waals surface area contributed by atoms with Crippen molar-refractivity contribution < 1.29 is 21.7 Å². The third kappa shape index (κ3) is 3.13. The van der Waals surface area contributed by atoms with Crippen molar-refractivity contribution in [1.82, 2.24) is 9.55 Å². The minimum atomic E-state index is -0.544. The van der Waals surface area contributed by atoms with Gasteiger partial charge in [0.25, 0.3) is 0 Å². The topological polar surface area (TPSA) is 54.7 Å². The minimum absolute atomic E-state index is 0.0293. The van der Waals surface area contributed by atoms with Crippen LogP contribution in [0, 0.1) is 0 Å². The number of aromatic nitrogens is 2. The molecular formula is C15H24N2O4. The Balaban J connectivity index is 1.74. The molecule has 3 heterocycles. The molecule has 1 aromatic heterocycles. The highest BCUT2D eigenvalue weighted by Gasteiger charge is 2.34. The van der Waals surface area contributed by atoms with Gasteiger partial charge in [-0.15, -0.1) is 0 Å². The molecule has 0 spiro atoms. The molecule has 21 heavy (non-hydrogen) atoms. The summed E-state index contributed by atoms with van der Waals surface area (Å²) in [6.45, 7) is -0.0484. The second-order valence-corrected chi connectivity index (χ2v) is 5.43. The first-order chi connectivity index (χ1) is 11.1. The van der Waals surface area contributed by atoms with Crippen LogP contribution in [0.3, 0.4) is 0 Å². The molecular weight excluding hydrogens is 272 g/mol. The maximum atomic E-state index is 7.87. The van der Waals surface area contributed by atoms with Crippen molar-refractivity contribution in [2.45, 2.75) is 43.6 Å². The predicted octanol–water partition coefficient (Wildman–Crippen LogP) is 1.21. The van der Waals surface area contributed by atoms with Crippen molar-refractivity contribution in [3.63, 3.8) is 0 Å². The number of hydrogen-bond donors (Lipinski definition) is 0. The quantitative estimate of drug-likeness (QED) is 0.790. The fraction of sp³-hybridized carbons (Fsp3) is 0.800. The highest BCUT2D eigenvalue weighted by atomic mass is 16.5. The fourth-order valence-electron chi connectivity index (χ4n) is 3.04. The third-order valence-corrected chi connectivity index (χ3v) is 4.17. The van der Waals surface area contributed by atoms with E-state index in [1.54, 1.807) is 20.4 Å². The summed E-state index contributed by atoms with van der Waals surface area (Å²) in [4.78, 5) is 4.48. The van der Waals surface area contributed by atoms with Crippen molar-refractivity contribution >= 4 is 0 Å². The van der Waals surface area contributed by atoms with E-state index in [2.05, 4.69) is 4.98 Å². The van der Waals surface area contributed by atoms with Crippen molar-refractivity contribution in [3.05, 3.63) is 18.2 Å². The Bertz CT molecular complexity index is 515. The smallest absolute Gasteiger partial charge is 0.114 e. The van der Waals surface area contributed by atoms with E-state index < -0.39 is 13.2 Å². The maximum Gasteiger partial charge on any atom is 0.114 e. The van der Waals surface area contributed by atoms with E-state index in [0.29, 0.717) is 26.0 Å². The molecule has 3 rings (SSSR count). The molecule has 2 saturated heterocycles. The molecule has 0 N–H and O–H groups in total. The Morgan fingerprint density at radius 3 is 2.95 bits per heavy atom. The van der Waals surface area contributed by atoms with Gasteiger partial charge in [0.1, 0.15) is 11.9 Å². The highest BCUT2D eigenvalue weighted by molar-refractivity contribution is 5.06. The summed E-state index contributed by atoms with van der Waals surface area (Å²) in [5.74, 6) is 0.912. The zero-order valence-corrected chi connectivity index (χ0v) is 12.5. The van der Waals surface area contributed by atoms with Gasteiger partial charge in [0.05, 0.1) is 28.1 Å². The Kier molecular flexibility index (Phi) is 4.12. The van der Waals surface area contributed by atoms with Crippen molar-refractivity contribution in [2.24, 2.45) is 0 Å². The van der Waals surface area contributed by atoms with Gasteiger partial charge in [-0.2, -0.15) is 0 Å². The first-order valence-electron chi connectivity index (χ1n) is 8.46. The van der Waals surface area contributed by atoms with Crippen LogP contribution in [0.5, 0.6) is 0 Å². The molecule has 6 heteroatoms. The molecule has 1 aromatic rings. The van der Waals surface area contributed by atoms with Crippen LogP contribution >= 0.6 is 0 Å². The van der Waals surface area contributed by atoms with Gasteiger partial charge >= 0.3 is 0 Å². The molecule has 2 fully saturated rings. The lowest BCUT2D eigenvalue weighted by Crippen LogP contribution is -2.30. The number of methoxy groups -OCH3 is 2. The Morgan fingerprint density at radius 2 is 2.14 bits per heavy atom. The van der Waals surface area contributed by atoms with E-state index in [1.807, 2.05) is 10.8 Å². The molecule has 2 aliphatic rings. The second kappa shape index (κ2) is 6.87. The summed E-state index contributed by atoms with van der Waals surface area (Å²) in [5.41, 5.74) is 0. The van der Waals surface area contributed by atoms with Gasteiger partial charge in [0.15, 0.2) is 0 Å². The van der Waals surface area contributed by atoms with Gasteiger partial charge in [0.2, 0.25) is 0 Å². The number of nitrogens with zero attached hydrogens (tertiary/aromatic N) is 2. The second-order valence-electron chi connectivity index (χ2n) is 5.43. The maximum absolute atomic E-state index is 7.87. The zero-order valence-electron chi connectivity index (χ0n) is 14.5. The summed E-state index contributed by atoms with van der Waals surface area (Å²) in [6, 6.07) is 0. The van der Waals surface area contributed by atoms with Gasteiger partial charge < -0.3 is 23.5 Å². The molecule has 0 aromatic carbocycles. The normalized spacial score (nSPS) is 41.2. The van der Waals surface area contributed by atoms with Gasteiger partial charge in [0, 0.05) is 45.7 Å². The van der Waals surface area contributed by atoms with Crippen LogP contribution < -0.4 is 0 Å². The Morgan fingerprint density at radius 1 is 1.33 bits per heavy atom. The summed E-state index contributed by atoms with van der Waals surface area (Å²) in [7, 11) is 3.28. The number of rotatable bonds is 6. The van der Waals surface area contributed by atoms with Crippen LogP contribution in [0.2, 0.25) is 0 Å². The molecule has 0 unspecified atom stereocenters. The van der Waals surface area contributed by atoms with Crippen molar-refractivity contribution in [3.8, 4) is 0 Å². The fourth-order valence-corrected chi connectivity index (χ4v) is 3.04. The largest absolute Gasteiger partial charge is 0.382 e. The van der Waals surface area contributed by atoms with Gasteiger partial charge in [-0.05, 0) is 12.8 Å². The van der Waals surface area contributed by atoms with Crippen LogP contribution in [-0.4, -0.2) is 61.9 Å². The standard InChI is InChI=1S/C15H24N2O4/c1-18-10-14-11(3-7-21-14)15-16-5-6-17(15)9-13-12(19-2)4-8-20-13/h5-6,11-14H,3-4,7-10H2,1-2H3/t11-,12-,13+,14+/m0/s1/i7T,8T/t7-,8-,11-,12-,13+,14+.